The predicted octanol–water partition coefficient (Wildman–Crippen LogP) is 3.88. The number of nitrogens with zero attached hydrogens (tertiary/aromatic N) is 1. The molecular weight excluding hydrogens is 330 g/mol. The summed E-state index contributed by atoms with van der Waals surface area (Å²) in [5.74, 6) is -0.536. The van der Waals surface area contributed by atoms with Gasteiger partial charge in [-0.05, 0) is 29.5 Å². The van der Waals surface area contributed by atoms with Crippen LogP contribution in [0.2, 0.25) is 0 Å². The second kappa shape index (κ2) is 7.75. The van der Waals surface area contributed by atoms with Gasteiger partial charge >= 0.3 is 5.97 Å². The average Bonchev–Trinajstić information content (AvgIpc) is 2.75. The van der Waals surface area contributed by atoms with Crippen LogP contribution in [0.5, 0.6) is 0 Å². The molecule has 1 saturated heterocycles. The van der Waals surface area contributed by atoms with E-state index in [0.29, 0.717) is 28.1 Å². The van der Waals surface area contributed by atoms with E-state index in [0.717, 1.165) is 5.56 Å². The van der Waals surface area contributed by atoms with E-state index in [1.807, 2.05) is 18.2 Å². The number of amides is 1. The van der Waals surface area contributed by atoms with Gasteiger partial charge in [0.15, 0.2) is 0 Å². The number of hydrogen-bond donors (Lipinski definition) is 1. The van der Waals surface area contributed by atoms with Crippen LogP contribution in [-0.4, -0.2) is 32.7 Å². The third-order valence-corrected chi connectivity index (χ3v) is 4.92. The number of aliphatic carboxylic acids is 1. The van der Waals surface area contributed by atoms with Crippen LogP contribution in [0.15, 0.2) is 29.2 Å². The van der Waals surface area contributed by atoms with Gasteiger partial charge in [-0.15, -0.1) is 0 Å². The molecule has 1 fully saturated rings. The van der Waals surface area contributed by atoms with E-state index in [2.05, 4.69) is 26.0 Å². The molecule has 0 aromatic heterocycles. The Kier molecular flexibility index (Phi) is 5.96. The monoisotopic (exact) mass is 349 g/mol. The maximum absolute atomic E-state index is 12.4. The van der Waals surface area contributed by atoms with Crippen molar-refractivity contribution in [1.82, 2.24) is 4.90 Å². The summed E-state index contributed by atoms with van der Waals surface area (Å²) in [5, 5.41) is 8.67. The molecule has 0 aliphatic carbocycles. The van der Waals surface area contributed by atoms with Crippen molar-refractivity contribution in [1.29, 1.82) is 0 Å². The van der Waals surface area contributed by atoms with Gasteiger partial charge in [-0.2, -0.15) is 0 Å². The van der Waals surface area contributed by atoms with Gasteiger partial charge in [0, 0.05) is 13.0 Å². The fraction of sp³-hybridized carbons (Fsp3) is 0.353. The Morgan fingerprint density at radius 2 is 2.00 bits per heavy atom. The third-order valence-electron chi connectivity index (χ3n) is 3.55. The molecule has 0 radical (unpaired) electrons. The van der Waals surface area contributed by atoms with E-state index in [4.69, 9.17) is 17.3 Å². The van der Waals surface area contributed by atoms with Crippen LogP contribution in [0.4, 0.5) is 0 Å². The number of hydrogen-bond acceptors (Lipinski definition) is 4. The minimum atomic E-state index is -0.865. The number of carbonyl (C=O) groups is 2. The molecule has 23 heavy (non-hydrogen) atoms. The number of carboxylic acid groups (broad SMARTS) is 1. The first kappa shape index (κ1) is 17.7. The molecule has 1 N–H and O–H groups in total. The molecule has 0 atom stereocenters. The van der Waals surface area contributed by atoms with E-state index in [1.165, 1.54) is 22.2 Å². The van der Waals surface area contributed by atoms with Crippen LogP contribution in [0, 0.1) is 0 Å². The number of carboxylic acids is 1. The summed E-state index contributed by atoms with van der Waals surface area (Å²) in [7, 11) is 0. The normalized spacial score (nSPS) is 16.7. The fourth-order valence-electron chi connectivity index (χ4n) is 2.21. The van der Waals surface area contributed by atoms with Gasteiger partial charge in [0.2, 0.25) is 0 Å². The summed E-state index contributed by atoms with van der Waals surface area (Å²) >= 11 is 6.49. The molecule has 0 bridgehead atoms. The molecule has 6 heteroatoms. The molecule has 0 saturated carbocycles. The zero-order chi connectivity index (χ0) is 17.0. The Morgan fingerprint density at radius 1 is 1.35 bits per heavy atom. The summed E-state index contributed by atoms with van der Waals surface area (Å²) in [5.41, 5.74) is 2.21. The molecule has 1 aliphatic rings. The molecule has 1 aromatic carbocycles. The van der Waals surface area contributed by atoms with Crippen molar-refractivity contribution in [2.45, 2.75) is 32.6 Å². The SMILES string of the molecule is CC(C)c1ccc(C=C2SC(=S)N(CCCC(=O)O)C2=O)cc1. The minimum absolute atomic E-state index is 0.0345. The smallest absolute Gasteiger partial charge is 0.303 e. The lowest BCUT2D eigenvalue weighted by atomic mass is 10.0. The lowest BCUT2D eigenvalue weighted by Crippen LogP contribution is -2.29. The van der Waals surface area contributed by atoms with Crippen LogP contribution in [0.25, 0.3) is 6.08 Å². The largest absolute Gasteiger partial charge is 0.481 e. The van der Waals surface area contributed by atoms with Gasteiger partial charge in [0.05, 0.1) is 4.91 Å². The zero-order valence-corrected chi connectivity index (χ0v) is 14.7. The second-order valence-corrected chi connectivity index (χ2v) is 7.33. The Morgan fingerprint density at radius 3 is 2.57 bits per heavy atom. The molecule has 1 aromatic rings. The maximum atomic E-state index is 12.4. The van der Waals surface area contributed by atoms with Crippen molar-refractivity contribution >= 4 is 46.3 Å². The van der Waals surface area contributed by atoms with E-state index in [-0.39, 0.29) is 12.3 Å². The quantitative estimate of drug-likeness (QED) is 0.624. The number of rotatable bonds is 6. The van der Waals surface area contributed by atoms with Crippen molar-refractivity contribution < 1.29 is 14.7 Å². The van der Waals surface area contributed by atoms with E-state index in [1.54, 1.807) is 0 Å². The standard InChI is InChI=1S/C17H19NO3S2/c1-11(2)13-7-5-12(6-8-13)10-14-16(21)18(17(22)23-14)9-3-4-15(19)20/h5-8,10-11H,3-4,9H2,1-2H3,(H,19,20). The van der Waals surface area contributed by atoms with Crippen molar-refractivity contribution in [3.63, 3.8) is 0 Å². The molecule has 1 heterocycles. The Bertz CT molecular complexity index is 650. The highest BCUT2D eigenvalue weighted by Crippen LogP contribution is 2.32. The summed E-state index contributed by atoms with van der Waals surface area (Å²) in [4.78, 5) is 25.0. The first-order valence-electron chi connectivity index (χ1n) is 7.45. The molecule has 0 spiro atoms. The van der Waals surface area contributed by atoms with Gasteiger partial charge in [0.1, 0.15) is 4.32 Å². The van der Waals surface area contributed by atoms with Gasteiger partial charge in [0.25, 0.3) is 5.91 Å². The molecular formula is C17H19NO3S2. The summed E-state index contributed by atoms with van der Waals surface area (Å²) in [6, 6.07) is 8.10. The van der Waals surface area contributed by atoms with Gasteiger partial charge in [-0.25, -0.2) is 0 Å². The number of carbonyl (C=O) groups excluding carboxylic acids is 1. The van der Waals surface area contributed by atoms with Crippen LogP contribution in [0.1, 0.15) is 43.7 Å². The van der Waals surface area contributed by atoms with Crippen molar-refractivity contribution in [3.8, 4) is 0 Å². The molecule has 1 amide bonds. The van der Waals surface area contributed by atoms with Crippen molar-refractivity contribution in [2.75, 3.05) is 6.54 Å². The maximum Gasteiger partial charge on any atom is 0.303 e. The summed E-state index contributed by atoms with van der Waals surface area (Å²) in [6.45, 7) is 4.62. The van der Waals surface area contributed by atoms with E-state index >= 15 is 0 Å². The average molecular weight is 349 g/mol. The summed E-state index contributed by atoms with van der Waals surface area (Å²) < 4.78 is 0.491. The second-order valence-electron chi connectivity index (χ2n) is 5.65. The van der Waals surface area contributed by atoms with E-state index in [9.17, 15) is 9.59 Å². The number of thiocarbonyl (C=S) groups is 1. The highest BCUT2D eigenvalue weighted by molar-refractivity contribution is 8.26. The van der Waals surface area contributed by atoms with Crippen LogP contribution >= 0.6 is 24.0 Å². The Labute approximate surface area is 145 Å². The first-order chi connectivity index (χ1) is 10.9. The molecule has 0 unspecified atom stereocenters. The Hall–Kier alpha value is -1.66. The summed E-state index contributed by atoms with van der Waals surface area (Å²) in [6.07, 6.45) is 2.27. The molecule has 1 aliphatic heterocycles. The molecule has 4 nitrogen and oxygen atoms in total. The van der Waals surface area contributed by atoms with Gasteiger partial charge < -0.3 is 5.11 Å². The Balaban J connectivity index is 2.07. The highest BCUT2D eigenvalue weighted by atomic mass is 32.2. The predicted molar refractivity (Wildman–Crippen MR) is 97.3 cm³/mol. The van der Waals surface area contributed by atoms with Gasteiger partial charge in [-0.1, -0.05) is 62.1 Å². The lowest BCUT2D eigenvalue weighted by molar-refractivity contribution is -0.137. The first-order valence-corrected chi connectivity index (χ1v) is 8.68. The fourth-order valence-corrected chi connectivity index (χ4v) is 3.52. The topological polar surface area (TPSA) is 57.6 Å². The minimum Gasteiger partial charge on any atom is -0.481 e. The number of thioether (sulfide) groups is 1. The van der Waals surface area contributed by atoms with Crippen LogP contribution < -0.4 is 0 Å². The number of benzene rings is 1. The van der Waals surface area contributed by atoms with E-state index < -0.39 is 5.97 Å². The highest BCUT2D eigenvalue weighted by Gasteiger charge is 2.31. The van der Waals surface area contributed by atoms with Crippen molar-refractivity contribution in [2.24, 2.45) is 0 Å². The third kappa shape index (κ3) is 4.65. The lowest BCUT2D eigenvalue weighted by Gasteiger charge is -2.13. The zero-order valence-electron chi connectivity index (χ0n) is 13.1. The van der Waals surface area contributed by atoms with Crippen molar-refractivity contribution in [3.05, 3.63) is 40.3 Å². The molecule has 2 rings (SSSR count). The molecule has 122 valence electrons. The van der Waals surface area contributed by atoms with Crippen LogP contribution in [-0.2, 0) is 9.59 Å². The van der Waals surface area contributed by atoms with Crippen LogP contribution in [0.3, 0.4) is 0 Å². The van der Waals surface area contributed by atoms with Gasteiger partial charge in [-0.3, -0.25) is 14.5 Å².